The monoisotopic (exact) mass is 347 g/mol. The number of anilines is 1. The van der Waals surface area contributed by atoms with Crippen LogP contribution in [0, 0.1) is 5.92 Å². The third-order valence-electron chi connectivity index (χ3n) is 4.85. The van der Waals surface area contributed by atoms with Gasteiger partial charge >= 0.3 is 6.09 Å². The van der Waals surface area contributed by atoms with Gasteiger partial charge in [0.2, 0.25) is 0 Å². The average molecular weight is 347 g/mol. The van der Waals surface area contributed by atoms with E-state index in [0.717, 1.165) is 31.6 Å². The second-order valence-corrected chi connectivity index (χ2v) is 6.92. The minimum Gasteiger partial charge on any atom is -0.453 e. The highest BCUT2D eigenvalue weighted by atomic mass is 16.5. The van der Waals surface area contributed by atoms with E-state index < -0.39 is 0 Å². The fourth-order valence-corrected chi connectivity index (χ4v) is 2.88. The molecule has 0 spiro atoms. The molecule has 138 valence electrons. The number of ether oxygens (including phenoxy) is 1. The molecule has 1 fully saturated rings. The lowest BCUT2D eigenvalue weighted by molar-refractivity contribution is 0.0931. The lowest BCUT2D eigenvalue weighted by Gasteiger charge is -2.34. The molecule has 0 aromatic heterocycles. The molecular weight excluding hydrogens is 318 g/mol. The molecule has 2 N–H and O–H groups in total. The van der Waals surface area contributed by atoms with E-state index in [4.69, 9.17) is 0 Å². The van der Waals surface area contributed by atoms with Crippen LogP contribution in [0.3, 0.4) is 0 Å². The first-order valence-corrected chi connectivity index (χ1v) is 8.91. The number of rotatable bonds is 5. The van der Waals surface area contributed by atoms with Gasteiger partial charge in [-0.15, -0.1) is 0 Å². The van der Waals surface area contributed by atoms with Crippen molar-refractivity contribution in [2.75, 3.05) is 25.1 Å². The van der Waals surface area contributed by atoms with Crippen molar-refractivity contribution >= 4 is 17.7 Å². The molecule has 1 saturated heterocycles. The highest BCUT2D eigenvalue weighted by Crippen LogP contribution is 2.24. The van der Waals surface area contributed by atoms with Gasteiger partial charge in [0, 0.05) is 30.9 Å². The predicted octanol–water partition coefficient (Wildman–Crippen LogP) is 2.79. The number of hydrogen-bond acceptors (Lipinski definition) is 4. The fourth-order valence-electron chi connectivity index (χ4n) is 2.88. The molecule has 6 heteroatoms. The molecule has 2 rings (SSSR count). The van der Waals surface area contributed by atoms with Crippen molar-refractivity contribution in [1.82, 2.24) is 10.6 Å². The van der Waals surface area contributed by atoms with E-state index in [1.165, 1.54) is 7.11 Å². The number of carbonyl (C=O) groups excluding carboxylic acids is 2. The predicted molar refractivity (Wildman–Crippen MR) is 99.0 cm³/mol. The van der Waals surface area contributed by atoms with Crippen LogP contribution in [-0.4, -0.2) is 44.3 Å². The molecule has 1 aliphatic rings. The van der Waals surface area contributed by atoms with Gasteiger partial charge in [0.25, 0.3) is 5.91 Å². The number of amides is 2. The zero-order chi connectivity index (χ0) is 18.4. The van der Waals surface area contributed by atoms with Gasteiger partial charge < -0.3 is 20.3 Å². The maximum absolute atomic E-state index is 12.7. The Morgan fingerprint density at radius 2 is 1.80 bits per heavy atom. The van der Waals surface area contributed by atoms with E-state index in [9.17, 15) is 9.59 Å². The smallest absolute Gasteiger partial charge is 0.407 e. The van der Waals surface area contributed by atoms with Gasteiger partial charge in [-0.05, 0) is 37.8 Å². The topological polar surface area (TPSA) is 70.7 Å². The maximum Gasteiger partial charge on any atom is 0.407 e. The Morgan fingerprint density at radius 3 is 2.40 bits per heavy atom. The lowest BCUT2D eigenvalue weighted by atomic mass is 10.0. The van der Waals surface area contributed by atoms with E-state index >= 15 is 0 Å². The molecule has 25 heavy (non-hydrogen) atoms. The number of para-hydroxylation sites is 1. The quantitative estimate of drug-likeness (QED) is 0.859. The van der Waals surface area contributed by atoms with Gasteiger partial charge in [0.15, 0.2) is 0 Å². The Morgan fingerprint density at radius 1 is 1.16 bits per heavy atom. The highest BCUT2D eigenvalue weighted by molar-refractivity contribution is 6.00. The second kappa shape index (κ2) is 8.74. The van der Waals surface area contributed by atoms with E-state index in [-0.39, 0.29) is 24.1 Å². The van der Waals surface area contributed by atoms with Crippen molar-refractivity contribution in [2.24, 2.45) is 5.92 Å². The first kappa shape index (κ1) is 19.1. The van der Waals surface area contributed by atoms with Gasteiger partial charge in [0.05, 0.1) is 12.7 Å². The summed E-state index contributed by atoms with van der Waals surface area (Å²) in [5.41, 5.74) is 1.65. The highest BCUT2D eigenvalue weighted by Gasteiger charge is 2.24. The molecule has 6 nitrogen and oxygen atoms in total. The summed E-state index contributed by atoms with van der Waals surface area (Å²) in [7, 11) is 1.37. The number of piperidine rings is 1. The van der Waals surface area contributed by atoms with Gasteiger partial charge in [-0.2, -0.15) is 0 Å². The van der Waals surface area contributed by atoms with Gasteiger partial charge in [-0.3, -0.25) is 4.79 Å². The van der Waals surface area contributed by atoms with Crippen LogP contribution in [0.15, 0.2) is 24.3 Å². The van der Waals surface area contributed by atoms with Crippen LogP contribution < -0.4 is 15.5 Å². The van der Waals surface area contributed by atoms with E-state index in [0.29, 0.717) is 11.5 Å². The number of benzene rings is 1. The molecule has 1 heterocycles. The molecule has 1 aromatic carbocycles. The summed E-state index contributed by atoms with van der Waals surface area (Å²) >= 11 is 0. The van der Waals surface area contributed by atoms with Crippen LogP contribution in [0.2, 0.25) is 0 Å². The Labute approximate surface area is 149 Å². The molecule has 1 aliphatic heterocycles. The molecule has 0 unspecified atom stereocenters. The third kappa shape index (κ3) is 5.11. The largest absolute Gasteiger partial charge is 0.453 e. The maximum atomic E-state index is 12.7. The van der Waals surface area contributed by atoms with Crippen LogP contribution >= 0.6 is 0 Å². The Kier molecular flexibility index (Phi) is 6.67. The molecule has 0 aliphatic carbocycles. The molecule has 2 amide bonds. The Bertz CT molecular complexity index is 595. The minimum absolute atomic E-state index is 0.0355. The van der Waals surface area contributed by atoms with E-state index in [1.807, 2.05) is 31.2 Å². The number of methoxy groups -OCH3 is 1. The van der Waals surface area contributed by atoms with Gasteiger partial charge in [-0.25, -0.2) is 4.79 Å². The summed E-state index contributed by atoms with van der Waals surface area (Å²) in [6.45, 7) is 7.79. The summed E-state index contributed by atoms with van der Waals surface area (Å²) < 4.78 is 4.65. The molecule has 0 saturated carbocycles. The Balaban J connectivity index is 2.04. The zero-order valence-electron chi connectivity index (χ0n) is 15.5. The van der Waals surface area contributed by atoms with E-state index in [1.54, 1.807) is 0 Å². The van der Waals surface area contributed by atoms with Crippen LogP contribution in [-0.2, 0) is 4.74 Å². The molecule has 1 aromatic rings. The van der Waals surface area contributed by atoms with Gasteiger partial charge in [-0.1, -0.05) is 26.0 Å². The number of nitrogens with one attached hydrogen (secondary N) is 2. The first-order valence-electron chi connectivity index (χ1n) is 8.91. The van der Waals surface area contributed by atoms with Crippen molar-refractivity contribution in [3.63, 3.8) is 0 Å². The summed E-state index contributed by atoms with van der Waals surface area (Å²) in [5.74, 6) is 0.350. The zero-order valence-corrected chi connectivity index (χ0v) is 15.5. The van der Waals surface area contributed by atoms with Crippen molar-refractivity contribution in [2.45, 2.75) is 45.7 Å². The summed E-state index contributed by atoms with van der Waals surface area (Å²) in [5, 5.41) is 5.93. The number of nitrogens with zero attached hydrogens (tertiary/aromatic N) is 1. The third-order valence-corrected chi connectivity index (χ3v) is 4.85. The van der Waals surface area contributed by atoms with Crippen LogP contribution in [0.5, 0.6) is 0 Å². The van der Waals surface area contributed by atoms with Crippen molar-refractivity contribution in [1.29, 1.82) is 0 Å². The summed E-state index contributed by atoms with van der Waals surface area (Å²) in [6.07, 6.45) is 1.27. The molecule has 0 radical (unpaired) electrons. The normalized spacial score (nSPS) is 16.4. The minimum atomic E-state index is -0.388. The second-order valence-electron chi connectivity index (χ2n) is 6.92. The Hall–Kier alpha value is -2.24. The van der Waals surface area contributed by atoms with E-state index in [2.05, 4.69) is 34.1 Å². The fraction of sp³-hybridized carbons (Fsp3) is 0.579. The standard InChI is InChI=1S/C19H29N3O3/c1-13(2)14(3)20-18(23)16-7-5-6-8-17(16)22-11-9-15(10-12-22)21-19(24)25-4/h5-8,13-15H,9-12H2,1-4H3,(H,20,23)(H,21,24)/t14-/m1/s1. The average Bonchev–Trinajstić information content (AvgIpc) is 2.62. The number of alkyl carbamates (subject to hydrolysis) is 1. The summed E-state index contributed by atoms with van der Waals surface area (Å²) in [4.78, 5) is 26.2. The SMILES string of the molecule is COC(=O)NC1CCN(c2ccccc2C(=O)N[C@H](C)C(C)C)CC1. The van der Waals surface area contributed by atoms with Crippen LogP contribution in [0.4, 0.5) is 10.5 Å². The molecular formula is C19H29N3O3. The van der Waals surface area contributed by atoms with Crippen LogP contribution in [0.1, 0.15) is 44.0 Å². The van der Waals surface area contributed by atoms with Gasteiger partial charge in [0.1, 0.15) is 0 Å². The molecule has 0 bridgehead atoms. The number of hydrogen-bond donors (Lipinski definition) is 2. The lowest BCUT2D eigenvalue weighted by Crippen LogP contribution is -2.45. The van der Waals surface area contributed by atoms with Crippen LogP contribution in [0.25, 0.3) is 0 Å². The first-order chi connectivity index (χ1) is 11.9. The number of carbonyl (C=O) groups is 2. The van der Waals surface area contributed by atoms with Crippen molar-refractivity contribution in [3.8, 4) is 0 Å². The van der Waals surface area contributed by atoms with Crippen molar-refractivity contribution in [3.05, 3.63) is 29.8 Å². The molecule has 1 atom stereocenters. The summed E-state index contributed by atoms with van der Waals surface area (Å²) in [6, 6.07) is 7.95. The van der Waals surface area contributed by atoms with Crippen molar-refractivity contribution < 1.29 is 14.3 Å².